The van der Waals surface area contributed by atoms with Crippen LogP contribution >= 0.6 is 22.7 Å². The lowest BCUT2D eigenvalue weighted by atomic mass is 9.95. The minimum absolute atomic E-state index is 0.710. The lowest BCUT2D eigenvalue weighted by Crippen LogP contribution is -1.98. The second kappa shape index (κ2) is 11.9. The van der Waals surface area contributed by atoms with Crippen molar-refractivity contribution in [3.05, 3.63) is 170 Å². The number of nitrogens with zero attached hydrogens (tertiary/aromatic N) is 2. The van der Waals surface area contributed by atoms with Crippen LogP contribution in [0.4, 0.5) is 0 Å². The minimum Gasteiger partial charge on any atom is -0.228 e. The molecule has 0 atom stereocenters. The van der Waals surface area contributed by atoms with E-state index < -0.39 is 0 Å². The second-order valence-electron chi connectivity index (χ2n) is 12.5. The normalized spacial score (nSPS) is 11.6. The number of hydrogen-bond acceptors (Lipinski definition) is 4. The molecule has 0 aliphatic rings. The molecule has 234 valence electrons. The van der Waals surface area contributed by atoms with Crippen molar-refractivity contribution < 1.29 is 0 Å². The molecule has 0 amide bonds. The maximum absolute atomic E-state index is 5.37. The van der Waals surface area contributed by atoms with E-state index in [0.29, 0.717) is 5.82 Å². The molecule has 0 radical (unpaired) electrons. The van der Waals surface area contributed by atoms with E-state index in [9.17, 15) is 0 Å². The predicted octanol–water partition coefficient (Wildman–Crippen LogP) is 13.5. The Balaban J connectivity index is 1.17. The van der Waals surface area contributed by atoms with Crippen molar-refractivity contribution in [1.82, 2.24) is 9.97 Å². The average Bonchev–Trinajstić information content (AvgIpc) is 3.76. The monoisotopic (exact) mass is 672 g/mol. The van der Waals surface area contributed by atoms with Gasteiger partial charge in [-0.05, 0) is 64.7 Å². The summed E-state index contributed by atoms with van der Waals surface area (Å²) in [5.74, 6) is 0.710. The first-order valence-corrected chi connectivity index (χ1v) is 18.4. The predicted molar refractivity (Wildman–Crippen MR) is 215 cm³/mol. The number of fused-ring (bicyclic) bond motifs is 6. The van der Waals surface area contributed by atoms with Gasteiger partial charge in [0.15, 0.2) is 5.82 Å². The molecule has 0 saturated heterocycles. The first-order valence-electron chi connectivity index (χ1n) is 16.7. The van der Waals surface area contributed by atoms with Gasteiger partial charge < -0.3 is 0 Å². The van der Waals surface area contributed by atoms with Crippen LogP contribution in [0.25, 0.3) is 96.5 Å². The molecule has 0 aliphatic carbocycles. The summed E-state index contributed by atoms with van der Waals surface area (Å²) >= 11 is 3.69. The topological polar surface area (TPSA) is 25.8 Å². The Hall–Kier alpha value is -5.94. The van der Waals surface area contributed by atoms with E-state index in [1.165, 1.54) is 45.9 Å². The van der Waals surface area contributed by atoms with Crippen LogP contribution in [0.15, 0.2) is 170 Å². The summed E-state index contributed by atoms with van der Waals surface area (Å²) in [6, 6.07) is 60.7. The van der Waals surface area contributed by atoms with Crippen LogP contribution in [-0.4, -0.2) is 9.97 Å². The first kappa shape index (κ1) is 29.0. The molecule has 4 heteroatoms. The van der Waals surface area contributed by atoms with Crippen molar-refractivity contribution in [2.45, 2.75) is 0 Å². The lowest BCUT2D eigenvalue weighted by Gasteiger charge is -2.15. The molecule has 50 heavy (non-hydrogen) atoms. The zero-order chi connectivity index (χ0) is 33.0. The van der Waals surface area contributed by atoms with Crippen molar-refractivity contribution in [1.29, 1.82) is 0 Å². The van der Waals surface area contributed by atoms with E-state index in [1.807, 2.05) is 28.7 Å². The first-order chi connectivity index (χ1) is 24.8. The van der Waals surface area contributed by atoms with Gasteiger partial charge >= 0.3 is 0 Å². The van der Waals surface area contributed by atoms with Crippen LogP contribution in [0.5, 0.6) is 0 Å². The highest BCUT2D eigenvalue weighted by molar-refractivity contribution is 7.26. The maximum Gasteiger partial charge on any atom is 0.161 e. The molecule has 0 saturated carbocycles. The molecule has 7 aromatic carbocycles. The van der Waals surface area contributed by atoms with Gasteiger partial charge in [0.05, 0.1) is 11.4 Å². The minimum atomic E-state index is 0.710. The van der Waals surface area contributed by atoms with Crippen LogP contribution in [0.3, 0.4) is 0 Å². The molecule has 3 heterocycles. The number of hydrogen-bond donors (Lipinski definition) is 0. The zero-order valence-electron chi connectivity index (χ0n) is 26.9. The summed E-state index contributed by atoms with van der Waals surface area (Å²) in [6.07, 6.45) is 0. The van der Waals surface area contributed by atoms with Gasteiger partial charge in [0.2, 0.25) is 0 Å². The molecule has 0 fully saturated rings. The van der Waals surface area contributed by atoms with Gasteiger partial charge in [-0.3, -0.25) is 0 Å². The fraction of sp³-hybridized carbons (Fsp3) is 0. The summed E-state index contributed by atoms with van der Waals surface area (Å²) in [5, 5.41) is 5.16. The highest BCUT2D eigenvalue weighted by Crippen LogP contribution is 2.41. The van der Waals surface area contributed by atoms with Gasteiger partial charge in [-0.1, -0.05) is 127 Å². The number of rotatable bonds is 5. The summed E-state index contributed by atoms with van der Waals surface area (Å²) in [7, 11) is 0. The molecule has 0 spiro atoms. The van der Waals surface area contributed by atoms with Crippen molar-refractivity contribution in [3.63, 3.8) is 0 Å². The van der Waals surface area contributed by atoms with Crippen molar-refractivity contribution >= 4 is 63.0 Å². The fourth-order valence-corrected chi connectivity index (χ4v) is 9.31. The van der Waals surface area contributed by atoms with E-state index in [1.54, 1.807) is 0 Å². The summed E-state index contributed by atoms with van der Waals surface area (Å²) in [5.41, 5.74) is 9.54. The number of aromatic nitrogens is 2. The third-order valence-corrected chi connectivity index (χ3v) is 11.8. The van der Waals surface area contributed by atoms with Gasteiger partial charge in [0, 0.05) is 57.0 Å². The van der Waals surface area contributed by atoms with E-state index in [-0.39, 0.29) is 0 Å². The Labute approximate surface area is 297 Å². The quantitative estimate of drug-likeness (QED) is 0.182. The van der Waals surface area contributed by atoms with Crippen LogP contribution in [0.1, 0.15) is 0 Å². The molecule has 0 unspecified atom stereocenters. The van der Waals surface area contributed by atoms with Gasteiger partial charge in [0.1, 0.15) is 0 Å². The molecular formula is C46H28N2S2. The van der Waals surface area contributed by atoms with Gasteiger partial charge in [-0.2, -0.15) is 0 Å². The van der Waals surface area contributed by atoms with E-state index in [2.05, 4.69) is 164 Å². The van der Waals surface area contributed by atoms with Crippen LogP contribution in [-0.2, 0) is 0 Å². The smallest absolute Gasteiger partial charge is 0.161 e. The lowest BCUT2D eigenvalue weighted by molar-refractivity contribution is 1.18. The van der Waals surface area contributed by atoms with Crippen molar-refractivity contribution in [2.24, 2.45) is 0 Å². The molecule has 0 bridgehead atoms. The largest absolute Gasteiger partial charge is 0.228 e. The highest BCUT2D eigenvalue weighted by Gasteiger charge is 2.18. The molecule has 0 aliphatic heterocycles. The molecule has 3 aromatic heterocycles. The van der Waals surface area contributed by atoms with Crippen LogP contribution in [0, 0.1) is 0 Å². The van der Waals surface area contributed by atoms with E-state index in [0.717, 1.165) is 44.8 Å². The second-order valence-corrected chi connectivity index (χ2v) is 14.7. The summed E-state index contributed by atoms with van der Waals surface area (Å²) < 4.78 is 5.21. The van der Waals surface area contributed by atoms with Gasteiger partial charge in [0.25, 0.3) is 0 Å². The van der Waals surface area contributed by atoms with Crippen molar-refractivity contribution in [3.8, 4) is 56.2 Å². The van der Waals surface area contributed by atoms with E-state index >= 15 is 0 Å². The Bertz CT molecular complexity index is 2710. The average molecular weight is 673 g/mol. The Morgan fingerprint density at radius 3 is 1.38 bits per heavy atom. The highest BCUT2D eigenvalue weighted by atomic mass is 32.1. The van der Waals surface area contributed by atoms with E-state index in [4.69, 9.17) is 9.97 Å². The molecule has 10 rings (SSSR count). The maximum atomic E-state index is 5.37. The van der Waals surface area contributed by atoms with Crippen LogP contribution in [0.2, 0.25) is 0 Å². The van der Waals surface area contributed by atoms with Crippen LogP contribution < -0.4 is 0 Å². The Morgan fingerprint density at radius 1 is 0.300 bits per heavy atom. The number of thiophene rings is 2. The summed E-state index contributed by atoms with van der Waals surface area (Å²) in [6.45, 7) is 0. The fourth-order valence-electron chi connectivity index (χ4n) is 7.14. The third kappa shape index (κ3) is 4.92. The zero-order valence-corrected chi connectivity index (χ0v) is 28.5. The standard InChI is InChI=1S/C46H28N2S2/c1-2-12-29(13-3-1)40-28-41(34-16-6-4-14-32(34)30-22-24-44-38(26-30)35-17-8-10-20-42(35)49-44)48-46(47-40)37-19-7-5-15-33(37)31-23-25-45-39(27-31)36-18-9-11-21-43(36)50-45/h1-28H. The third-order valence-electron chi connectivity index (χ3n) is 9.54. The van der Waals surface area contributed by atoms with Gasteiger partial charge in [-0.15, -0.1) is 22.7 Å². The SMILES string of the molecule is c1ccc(-c2cc(-c3ccccc3-c3ccc4sc5ccccc5c4c3)nc(-c3ccccc3-c3ccc4sc5ccccc5c4c3)n2)cc1. The van der Waals surface area contributed by atoms with Gasteiger partial charge in [-0.25, -0.2) is 9.97 Å². The molecular weight excluding hydrogens is 645 g/mol. The Kier molecular flexibility index (Phi) is 6.90. The Morgan fingerprint density at radius 2 is 0.760 bits per heavy atom. The summed E-state index contributed by atoms with van der Waals surface area (Å²) in [4.78, 5) is 10.6. The molecule has 2 nitrogen and oxygen atoms in total. The molecule has 10 aromatic rings. The van der Waals surface area contributed by atoms with Crippen molar-refractivity contribution in [2.75, 3.05) is 0 Å². The molecule has 0 N–H and O–H groups in total. The number of benzene rings is 7.